The van der Waals surface area contributed by atoms with Crippen molar-refractivity contribution in [2.24, 2.45) is 0 Å². The van der Waals surface area contributed by atoms with Gasteiger partial charge < -0.3 is 5.73 Å². The molecule has 3 rings (SSSR count). The second-order valence-electron chi connectivity index (χ2n) is 4.55. The van der Waals surface area contributed by atoms with E-state index in [1.165, 1.54) is 32.3 Å². The van der Waals surface area contributed by atoms with Crippen molar-refractivity contribution in [1.82, 2.24) is 0 Å². The van der Waals surface area contributed by atoms with Gasteiger partial charge in [-0.3, -0.25) is 0 Å². The molecule has 18 heavy (non-hydrogen) atoms. The fourth-order valence-corrected chi connectivity index (χ4v) is 3.38. The number of thiophene rings is 1. The molecule has 1 nitrogen and oxygen atoms in total. The smallest absolute Gasteiger partial charge is 0.0941 e. The number of hydrogen-bond donors (Lipinski definition) is 1. The van der Waals surface area contributed by atoms with Crippen LogP contribution in [0.4, 0.5) is 5.00 Å². The van der Waals surface area contributed by atoms with Gasteiger partial charge in [-0.25, -0.2) is 0 Å². The molecule has 0 aliphatic rings. The Balaban J connectivity index is 2.38. The number of rotatable bonds is 1. The van der Waals surface area contributed by atoms with Crippen LogP contribution in [0.2, 0.25) is 0 Å². The normalized spacial score (nSPS) is 11.0. The first-order valence-corrected chi connectivity index (χ1v) is 6.83. The maximum Gasteiger partial charge on any atom is 0.0941 e. The molecule has 0 aliphatic heterocycles. The van der Waals surface area contributed by atoms with Crippen molar-refractivity contribution in [2.45, 2.75) is 13.8 Å². The number of nitrogen functional groups attached to an aromatic ring is 1. The highest BCUT2D eigenvalue weighted by molar-refractivity contribution is 7.16. The third kappa shape index (κ3) is 1.61. The minimum atomic E-state index is 0.918. The molecule has 0 aliphatic carbocycles. The third-order valence-electron chi connectivity index (χ3n) is 3.47. The molecule has 0 amide bonds. The third-order valence-corrected chi connectivity index (χ3v) is 4.51. The highest BCUT2D eigenvalue weighted by Crippen LogP contribution is 2.40. The number of anilines is 1. The van der Waals surface area contributed by atoms with E-state index < -0.39 is 0 Å². The van der Waals surface area contributed by atoms with Crippen LogP contribution in [0, 0.1) is 13.8 Å². The van der Waals surface area contributed by atoms with Crippen molar-refractivity contribution in [3.05, 3.63) is 52.9 Å². The van der Waals surface area contributed by atoms with Crippen LogP contribution in [-0.2, 0) is 0 Å². The average Bonchev–Trinajstić information content (AvgIpc) is 2.63. The minimum Gasteiger partial charge on any atom is -0.390 e. The lowest BCUT2D eigenvalue weighted by atomic mass is 9.97. The van der Waals surface area contributed by atoms with Gasteiger partial charge >= 0.3 is 0 Å². The highest BCUT2D eigenvalue weighted by Gasteiger charge is 2.13. The molecule has 90 valence electrons. The van der Waals surface area contributed by atoms with Crippen molar-refractivity contribution < 1.29 is 0 Å². The van der Waals surface area contributed by atoms with Gasteiger partial charge in [0.1, 0.15) is 0 Å². The summed E-state index contributed by atoms with van der Waals surface area (Å²) >= 11 is 1.68. The highest BCUT2D eigenvalue weighted by atomic mass is 32.1. The molecule has 0 spiro atoms. The summed E-state index contributed by atoms with van der Waals surface area (Å²) in [6.07, 6.45) is 0. The van der Waals surface area contributed by atoms with E-state index in [1.54, 1.807) is 11.3 Å². The standard InChI is InChI=1S/C16H15NS/c1-10-11(2)18-16(17)15(10)14-9-5-7-12-6-3-4-8-13(12)14/h3-9H,17H2,1-2H3. The molecule has 1 aromatic heterocycles. The Hall–Kier alpha value is -1.80. The fraction of sp³-hybridized carbons (Fsp3) is 0.125. The predicted molar refractivity (Wildman–Crippen MR) is 81.1 cm³/mol. The number of nitrogens with two attached hydrogens (primary N) is 1. The van der Waals surface area contributed by atoms with E-state index >= 15 is 0 Å². The zero-order valence-electron chi connectivity index (χ0n) is 10.5. The molecule has 0 saturated carbocycles. The van der Waals surface area contributed by atoms with Gasteiger partial charge in [-0.1, -0.05) is 42.5 Å². The lowest BCUT2D eigenvalue weighted by molar-refractivity contribution is 1.44. The average molecular weight is 253 g/mol. The zero-order chi connectivity index (χ0) is 12.7. The zero-order valence-corrected chi connectivity index (χ0v) is 11.3. The van der Waals surface area contributed by atoms with Crippen molar-refractivity contribution in [3.8, 4) is 11.1 Å². The Bertz CT molecular complexity index is 720. The summed E-state index contributed by atoms with van der Waals surface area (Å²) < 4.78 is 0. The molecule has 2 N–H and O–H groups in total. The van der Waals surface area contributed by atoms with Crippen molar-refractivity contribution in [2.75, 3.05) is 5.73 Å². The van der Waals surface area contributed by atoms with E-state index in [-0.39, 0.29) is 0 Å². The van der Waals surface area contributed by atoms with Crippen molar-refractivity contribution in [3.63, 3.8) is 0 Å². The molecular formula is C16H15NS. The molecule has 0 atom stereocenters. The van der Waals surface area contributed by atoms with Crippen molar-refractivity contribution >= 4 is 27.1 Å². The Kier molecular flexibility index (Phi) is 2.60. The summed E-state index contributed by atoms with van der Waals surface area (Å²) in [6, 6.07) is 14.9. The number of aryl methyl sites for hydroxylation is 1. The Morgan fingerprint density at radius 1 is 0.944 bits per heavy atom. The lowest BCUT2D eigenvalue weighted by Crippen LogP contribution is -1.87. The molecule has 2 heteroatoms. The van der Waals surface area contributed by atoms with E-state index in [0.29, 0.717) is 0 Å². The van der Waals surface area contributed by atoms with Gasteiger partial charge in [0.2, 0.25) is 0 Å². The summed E-state index contributed by atoms with van der Waals surface area (Å²) in [4.78, 5) is 1.30. The van der Waals surface area contributed by atoms with Crippen LogP contribution >= 0.6 is 11.3 Å². The molecule has 0 saturated heterocycles. The van der Waals surface area contributed by atoms with E-state index in [9.17, 15) is 0 Å². The second kappa shape index (κ2) is 4.14. The summed E-state index contributed by atoms with van der Waals surface area (Å²) in [6.45, 7) is 4.28. The fourth-order valence-electron chi connectivity index (χ4n) is 2.43. The van der Waals surface area contributed by atoms with Gasteiger partial charge in [0.15, 0.2) is 0 Å². The van der Waals surface area contributed by atoms with Crippen LogP contribution in [0.25, 0.3) is 21.9 Å². The van der Waals surface area contributed by atoms with E-state index in [0.717, 1.165) is 5.00 Å². The van der Waals surface area contributed by atoms with Crippen LogP contribution in [-0.4, -0.2) is 0 Å². The van der Waals surface area contributed by atoms with Crippen LogP contribution < -0.4 is 5.73 Å². The molecule has 0 fully saturated rings. The maximum absolute atomic E-state index is 6.18. The van der Waals surface area contributed by atoms with E-state index in [2.05, 4.69) is 56.3 Å². The molecule has 0 bridgehead atoms. The topological polar surface area (TPSA) is 26.0 Å². The first kappa shape index (κ1) is 11.3. The Labute approximate surface area is 111 Å². The van der Waals surface area contributed by atoms with E-state index in [1.807, 2.05) is 0 Å². The molecule has 3 aromatic rings. The van der Waals surface area contributed by atoms with Gasteiger partial charge in [-0.2, -0.15) is 0 Å². The summed E-state index contributed by atoms with van der Waals surface area (Å²) in [5, 5.41) is 3.45. The molecule has 0 radical (unpaired) electrons. The minimum absolute atomic E-state index is 0.918. The SMILES string of the molecule is Cc1sc(N)c(-c2cccc3ccccc23)c1C. The Morgan fingerprint density at radius 3 is 2.39 bits per heavy atom. The summed E-state index contributed by atoms with van der Waals surface area (Å²) in [5.41, 5.74) is 9.93. The summed E-state index contributed by atoms with van der Waals surface area (Å²) in [5.74, 6) is 0. The van der Waals surface area contributed by atoms with E-state index in [4.69, 9.17) is 5.73 Å². The first-order chi connectivity index (χ1) is 8.68. The number of fused-ring (bicyclic) bond motifs is 1. The number of benzene rings is 2. The quantitative estimate of drug-likeness (QED) is 0.664. The van der Waals surface area contributed by atoms with Gasteiger partial charge in [-0.05, 0) is 35.7 Å². The first-order valence-electron chi connectivity index (χ1n) is 6.02. The Morgan fingerprint density at radius 2 is 1.67 bits per heavy atom. The monoisotopic (exact) mass is 253 g/mol. The van der Waals surface area contributed by atoms with Crippen LogP contribution in [0.1, 0.15) is 10.4 Å². The van der Waals surface area contributed by atoms with Crippen LogP contribution in [0.15, 0.2) is 42.5 Å². The summed E-state index contributed by atoms with van der Waals surface area (Å²) in [7, 11) is 0. The molecule has 1 heterocycles. The van der Waals surface area contributed by atoms with Gasteiger partial charge in [0, 0.05) is 10.4 Å². The largest absolute Gasteiger partial charge is 0.390 e. The maximum atomic E-state index is 6.18. The molecule has 2 aromatic carbocycles. The van der Waals surface area contributed by atoms with Gasteiger partial charge in [-0.15, -0.1) is 11.3 Å². The molecular weight excluding hydrogens is 238 g/mol. The lowest BCUT2D eigenvalue weighted by Gasteiger charge is -2.07. The van der Waals surface area contributed by atoms with Gasteiger partial charge in [0.05, 0.1) is 5.00 Å². The van der Waals surface area contributed by atoms with Crippen LogP contribution in [0.5, 0.6) is 0 Å². The van der Waals surface area contributed by atoms with Crippen molar-refractivity contribution in [1.29, 1.82) is 0 Å². The van der Waals surface area contributed by atoms with Crippen LogP contribution in [0.3, 0.4) is 0 Å². The molecule has 0 unspecified atom stereocenters. The van der Waals surface area contributed by atoms with Gasteiger partial charge in [0.25, 0.3) is 0 Å². The number of hydrogen-bond acceptors (Lipinski definition) is 2. The second-order valence-corrected chi connectivity index (χ2v) is 5.81. The predicted octanol–water partition coefficient (Wildman–Crippen LogP) is 4.77.